The lowest BCUT2D eigenvalue weighted by atomic mass is 10.0. The lowest BCUT2D eigenvalue weighted by Gasteiger charge is -2.31. The molecule has 0 spiro atoms. The highest BCUT2D eigenvalue weighted by atomic mass is 16.5. The standard InChI is InChI=1S/C23H25N3O2/c1-14-20-15(2)22(23(27)28-3)26(25-11-7-4-8-12-25)19(20)13-17-16-9-5-6-10-18(16)24-21(14)17/h5-6,9-10,13,24H,4,7-8,11-12H2,1-3H3. The number of para-hydroxylation sites is 1. The summed E-state index contributed by atoms with van der Waals surface area (Å²) in [5.41, 5.74) is 6.20. The number of aromatic amines is 1. The molecule has 0 atom stereocenters. The van der Waals surface area contributed by atoms with Crippen molar-refractivity contribution in [1.29, 1.82) is 0 Å². The fraction of sp³-hybridized carbons (Fsp3) is 0.348. The Morgan fingerprint density at radius 2 is 1.79 bits per heavy atom. The van der Waals surface area contributed by atoms with E-state index in [9.17, 15) is 4.79 Å². The average molecular weight is 375 g/mol. The van der Waals surface area contributed by atoms with Crippen molar-refractivity contribution in [2.75, 3.05) is 25.2 Å². The number of hydrogen-bond donors (Lipinski definition) is 1. The van der Waals surface area contributed by atoms with Crippen molar-refractivity contribution in [3.63, 3.8) is 0 Å². The molecule has 0 saturated carbocycles. The summed E-state index contributed by atoms with van der Waals surface area (Å²) in [5, 5.41) is 5.87. The van der Waals surface area contributed by atoms with E-state index in [2.05, 4.69) is 51.9 Å². The van der Waals surface area contributed by atoms with Crippen molar-refractivity contribution in [3.05, 3.63) is 47.2 Å². The minimum atomic E-state index is -0.271. The molecular formula is C23H25N3O2. The van der Waals surface area contributed by atoms with Crippen molar-refractivity contribution in [2.45, 2.75) is 33.1 Å². The average Bonchev–Trinajstić information content (AvgIpc) is 3.24. The number of rotatable bonds is 2. The Morgan fingerprint density at radius 3 is 2.54 bits per heavy atom. The third-order valence-corrected chi connectivity index (χ3v) is 6.20. The van der Waals surface area contributed by atoms with E-state index in [1.165, 1.54) is 29.9 Å². The zero-order valence-electron chi connectivity index (χ0n) is 16.6. The Kier molecular flexibility index (Phi) is 3.86. The second kappa shape index (κ2) is 6.30. The summed E-state index contributed by atoms with van der Waals surface area (Å²) >= 11 is 0. The van der Waals surface area contributed by atoms with Crippen LogP contribution in [0.1, 0.15) is 40.9 Å². The van der Waals surface area contributed by atoms with Gasteiger partial charge in [0.2, 0.25) is 0 Å². The number of ether oxygens (including phenoxy) is 1. The maximum Gasteiger partial charge on any atom is 0.356 e. The van der Waals surface area contributed by atoms with Crippen LogP contribution < -0.4 is 5.01 Å². The number of benzene rings is 2. The van der Waals surface area contributed by atoms with Gasteiger partial charge >= 0.3 is 5.97 Å². The van der Waals surface area contributed by atoms with E-state index >= 15 is 0 Å². The quantitative estimate of drug-likeness (QED) is 0.512. The van der Waals surface area contributed by atoms with Crippen LogP contribution in [-0.2, 0) is 4.74 Å². The van der Waals surface area contributed by atoms with Gasteiger partial charge in [-0.25, -0.2) is 9.47 Å². The van der Waals surface area contributed by atoms with Gasteiger partial charge in [0.15, 0.2) is 5.69 Å². The van der Waals surface area contributed by atoms with E-state index in [1.54, 1.807) is 0 Å². The first-order chi connectivity index (χ1) is 13.6. The van der Waals surface area contributed by atoms with Gasteiger partial charge in [-0.2, -0.15) is 0 Å². The van der Waals surface area contributed by atoms with E-state index in [-0.39, 0.29) is 5.97 Å². The normalized spacial score (nSPS) is 15.0. The molecule has 5 nitrogen and oxygen atoms in total. The second-order valence-corrected chi connectivity index (χ2v) is 7.78. The summed E-state index contributed by atoms with van der Waals surface area (Å²) < 4.78 is 7.30. The fourth-order valence-electron chi connectivity index (χ4n) is 4.88. The highest BCUT2D eigenvalue weighted by molar-refractivity contribution is 6.15. The third-order valence-electron chi connectivity index (χ3n) is 6.20. The number of nitrogens with zero attached hydrogens (tertiary/aromatic N) is 2. The molecule has 1 N–H and O–H groups in total. The number of carbonyl (C=O) groups is 1. The summed E-state index contributed by atoms with van der Waals surface area (Å²) in [4.78, 5) is 16.3. The minimum Gasteiger partial charge on any atom is -0.464 e. The molecule has 0 aliphatic carbocycles. The highest BCUT2D eigenvalue weighted by Crippen LogP contribution is 2.37. The van der Waals surface area contributed by atoms with Crippen LogP contribution in [0.3, 0.4) is 0 Å². The van der Waals surface area contributed by atoms with Crippen molar-refractivity contribution in [3.8, 4) is 0 Å². The van der Waals surface area contributed by atoms with Gasteiger partial charge in [-0.05, 0) is 56.4 Å². The fourth-order valence-corrected chi connectivity index (χ4v) is 4.88. The number of piperidine rings is 1. The van der Waals surface area contributed by atoms with Crippen LogP contribution in [0.2, 0.25) is 0 Å². The van der Waals surface area contributed by atoms with Gasteiger partial charge in [0.05, 0.1) is 18.1 Å². The van der Waals surface area contributed by atoms with Crippen LogP contribution in [-0.4, -0.2) is 35.8 Å². The van der Waals surface area contributed by atoms with Gasteiger partial charge in [0.1, 0.15) is 0 Å². The van der Waals surface area contributed by atoms with Gasteiger partial charge in [0, 0.05) is 34.8 Å². The molecule has 2 aromatic heterocycles. The van der Waals surface area contributed by atoms with Gasteiger partial charge in [-0.1, -0.05) is 18.2 Å². The lowest BCUT2D eigenvalue weighted by Crippen LogP contribution is -2.40. The van der Waals surface area contributed by atoms with Gasteiger partial charge in [0.25, 0.3) is 0 Å². The molecule has 0 unspecified atom stereocenters. The largest absolute Gasteiger partial charge is 0.464 e. The Bertz CT molecular complexity index is 1230. The SMILES string of the molecule is COC(=O)c1c(C)c2c(C)c3[nH]c4ccccc4c3cc2n1N1CCCCC1. The first kappa shape index (κ1) is 17.2. The highest BCUT2D eigenvalue weighted by Gasteiger charge is 2.27. The Labute approximate surface area is 163 Å². The molecule has 0 radical (unpaired) electrons. The molecule has 2 aromatic carbocycles. The van der Waals surface area contributed by atoms with Crippen molar-refractivity contribution in [2.24, 2.45) is 0 Å². The Balaban J connectivity index is 1.92. The van der Waals surface area contributed by atoms with E-state index in [1.807, 2.05) is 6.92 Å². The number of methoxy groups -OCH3 is 1. The molecule has 3 heterocycles. The summed E-state index contributed by atoms with van der Waals surface area (Å²) in [6, 6.07) is 10.6. The molecule has 1 aliphatic rings. The predicted octanol–water partition coefficient (Wildman–Crippen LogP) is 4.80. The molecule has 0 amide bonds. The first-order valence-corrected chi connectivity index (χ1v) is 10.0. The van der Waals surface area contributed by atoms with Crippen LogP contribution in [0.4, 0.5) is 0 Å². The van der Waals surface area contributed by atoms with Crippen LogP contribution in [0.25, 0.3) is 32.7 Å². The summed E-state index contributed by atoms with van der Waals surface area (Å²) in [7, 11) is 1.46. The van der Waals surface area contributed by atoms with Crippen LogP contribution in [0.15, 0.2) is 30.3 Å². The zero-order chi connectivity index (χ0) is 19.4. The number of aromatic nitrogens is 2. The summed E-state index contributed by atoms with van der Waals surface area (Å²) in [6.07, 6.45) is 3.54. The van der Waals surface area contributed by atoms with E-state index in [0.717, 1.165) is 53.4 Å². The summed E-state index contributed by atoms with van der Waals surface area (Å²) in [5.74, 6) is -0.271. The zero-order valence-corrected chi connectivity index (χ0v) is 16.6. The van der Waals surface area contributed by atoms with Crippen molar-refractivity contribution >= 4 is 38.7 Å². The molecule has 144 valence electrons. The lowest BCUT2D eigenvalue weighted by molar-refractivity contribution is 0.0587. The maximum absolute atomic E-state index is 12.7. The number of esters is 1. The van der Waals surface area contributed by atoms with Crippen LogP contribution >= 0.6 is 0 Å². The van der Waals surface area contributed by atoms with E-state index in [4.69, 9.17) is 4.74 Å². The molecule has 1 aliphatic heterocycles. The van der Waals surface area contributed by atoms with E-state index in [0.29, 0.717) is 5.69 Å². The minimum absolute atomic E-state index is 0.271. The van der Waals surface area contributed by atoms with E-state index < -0.39 is 0 Å². The molecule has 0 bridgehead atoms. The number of carbonyl (C=O) groups excluding carboxylic acids is 1. The Hall–Kier alpha value is -2.95. The molecule has 5 heteroatoms. The van der Waals surface area contributed by atoms with Gasteiger partial charge in [-0.3, -0.25) is 0 Å². The van der Waals surface area contributed by atoms with Crippen molar-refractivity contribution in [1.82, 2.24) is 9.66 Å². The molecule has 1 fully saturated rings. The molecule has 4 aromatic rings. The summed E-state index contributed by atoms with van der Waals surface area (Å²) in [6.45, 7) is 6.10. The number of aryl methyl sites for hydroxylation is 2. The number of fused-ring (bicyclic) bond motifs is 4. The number of hydrogen-bond acceptors (Lipinski definition) is 3. The monoisotopic (exact) mass is 375 g/mol. The molecule has 28 heavy (non-hydrogen) atoms. The molecular weight excluding hydrogens is 350 g/mol. The third kappa shape index (κ3) is 2.28. The predicted molar refractivity (Wildman–Crippen MR) is 114 cm³/mol. The maximum atomic E-state index is 12.7. The molecule has 5 rings (SSSR count). The number of H-pyrrole nitrogens is 1. The number of nitrogens with one attached hydrogen (secondary N) is 1. The van der Waals surface area contributed by atoms with Crippen LogP contribution in [0, 0.1) is 13.8 Å². The smallest absolute Gasteiger partial charge is 0.356 e. The second-order valence-electron chi connectivity index (χ2n) is 7.78. The topological polar surface area (TPSA) is 50.3 Å². The molecule has 1 saturated heterocycles. The van der Waals surface area contributed by atoms with Crippen LogP contribution in [0.5, 0.6) is 0 Å². The first-order valence-electron chi connectivity index (χ1n) is 10.0. The van der Waals surface area contributed by atoms with Gasteiger partial charge in [-0.15, -0.1) is 0 Å². The van der Waals surface area contributed by atoms with Gasteiger partial charge < -0.3 is 14.7 Å². The Morgan fingerprint density at radius 1 is 1.04 bits per heavy atom. The van der Waals surface area contributed by atoms with Crippen molar-refractivity contribution < 1.29 is 9.53 Å².